The number of alkyl halides is 2. The number of fused-ring (bicyclic) bond motifs is 4. The number of nitrogens with two attached hydrogens (primary N) is 1. The first kappa shape index (κ1) is 46.0. The summed E-state index contributed by atoms with van der Waals surface area (Å²) in [6, 6.07) is 19.7. The molecule has 0 atom stereocenters. The van der Waals surface area contributed by atoms with E-state index in [1.807, 2.05) is 46.3 Å². The molecule has 65 heavy (non-hydrogen) atoms. The fourth-order valence-electron chi connectivity index (χ4n) is 8.94. The van der Waals surface area contributed by atoms with Crippen LogP contribution in [0.25, 0.3) is 27.4 Å². The number of hydrogen-bond acceptors (Lipinski definition) is 10. The second kappa shape index (κ2) is 18.2. The van der Waals surface area contributed by atoms with E-state index in [4.69, 9.17) is 5.73 Å². The zero-order valence-corrected chi connectivity index (χ0v) is 39.2. The smallest absolute Gasteiger partial charge is 0.264 e. The van der Waals surface area contributed by atoms with E-state index in [9.17, 15) is 23.6 Å². The lowest BCUT2D eigenvalue weighted by atomic mass is 9.95. The van der Waals surface area contributed by atoms with Crippen LogP contribution in [0.5, 0.6) is 0 Å². The minimum atomic E-state index is -2.69. The van der Waals surface area contributed by atoms with Gasteiger partial charge in [-0.1, -0.05) is 27.7 Å². The van der Waals surface area contributed by atoms with Crippen LogP contribution in [0.2, 0.25) is 0 Å². The molecule has 14 heteroatoms. The molecule has 0 bridgehead atoms. The topological polar surface area (TPSA) is 132 Å². The highest BCUT2D eigenvalue weighted by atomic mass is 19.3. The molecule has 12 nitrogen and oxygen atoms in total. The zero-order valence-electron chi connectivity index (χ0n) is 39.2. The number of pyridine rings is 3. The Morgan fingerprint density at radius 3 is 1.65 bits per heavy atom. The fourth-order valence-corrected chi connectivity index (χ4v) is 8.94. The van der Waals surface area contributed by atoms with Crippen molar-refractivity contribution < 1.29 is 8.78 Å². The SMILES string of the molecule is CN=C/C(=C\N)c1cc2c(cc1C(F)F)N(c1cc(C(C)C)cc3c1cc(C)c(=O)n3C)CCN2C.Cc1cc2c(N3CCN(C)c4cc(C#N)ncc43)cc(C(C)C)cc2n(C)c1=O. The summed E-state index contributed by atoms with van der Waals surface area (Å²) in [6.07, 6.45) is 1.90. The first-order valence-corrected chi connectivity index (χ1v) is 21.9. The van der Waals surface area contributed by atoms with Gasteiger partial charge < -0.3 is 34.5 Å². The predicted octanol–water partition coefficient (Wildman–Crippen LogP) is 9.32. The lowest BCUT2D eigenvalue weighted by molar-refractivity contribution is 0.151. The third-order valence-electron chi connectivity index (χ3n) is 12.8. The van der Waals surface area contributed by atoms with Crippen molar-refractivity contribution in [1.29, 1.82) is 5.26 Å². The molecule has 2 aliphatic rings. The number of nitrogens with zero attached hydrogens (tertiary/aromatic N) is 9. The van der Waals surface area contributed by atoms with E-state index in [1.165, 1.54) is 18.0 Å². The quantitative estimate of drug-likeness (QED) is 0.156. The lowest BCUT2D eigenvalue weighted by Crippen LogP contribution is -2.37. The average molecular weight is 881 g/mol. The first-order chi connectivity index (χ1) is 30.9. The van der Waals surface area contributed by atoms with Crippen molar-refractivity contribution in [3.63, 3.8) is 0 Å². The van der Waals surface area contributed by atoms with Crippen molar-refractivity contribution in [3.8, 4) is 6.07 Å². The van der Waals surface area contributed by atoms with Gasteiger partial charge in [0.15, 0.2) is 0 Å². The molecule has 3 aromatic carbocycles. The van der Waals surface area contributed by atoms with Crippen molar-refractivity contribution in [2.45, 2.75) is 59.8 Å². The van der Waals surface area contributed by atoms with Gasteiger partial charge in [0, 0.05) is 113 Å². The second-order valence-corrected chi connectivity index (χ2v) is 17.7. The Morgan fingerprint density at radius 1 is 0.708 bits per heavy atom. The number of allylic oxidation sites excluding steroid dienone is 1. The summed E-state index contributed by atoms with van der Waals surface area (Å²) in [5, 5.41) is 11.2. The molecule has 5 heterocycles. The molecule has 0 radical (unpaired) electrons. The molecular formula is C51H58F2N10O2. The minimum absolute atomic E-state index is 0.0310. The molecule has 0 fully saturated rings. The third kappa shape index (κ3) is 8.43. The monoisotopic (exact) mass is 880 g/mol. The molecular weight excluding hydrogens is 823 g/mol. The average Bonchev–Trinajstić information content (AvgIpc) is 3.29. The van der Waals surface area contributed by atoms with Crippen molar-refractivity contribution in [2.75, 3.05) is 66.9 Å². The maximum absolute atomic E-state index is 14.4. The largest absolute Gasteiger partial charge is 0.404 e. The van der Waals surface area contributed by atoms with E-state index in [0.29, 0.717) is 47.1 Å². The molecule has 0 spiro atoms. The molecule has 2 aliphatic heterocycles. The van der Waals surface area contributed by atoms with Crippen molar-refractivity contribution >= 4 is 67.7 Å². The number of benzene rings is 3. The Kier molecular flexibility index (Phi) is 12.9. The van der Waals surface area contributed by atoms with E-state index in [2.05, 4.69) is 87.6 Å². The van der Waals surface area contributed by atoms with Crippen LogP contribution in [-0.2, 0) is 14.1 Å². The van der Waals surface area contributed by atoms with E-state index in [-0.39, 0.29) is 22.6 Å². The van der Waals surface area contributed by atoms with Crippen LogP contribution in [-0.4, -0.2) is 67.7 Å². The van der Waals surface area contributed by atoms with Gasteiger partial charge in [0.1, 0.15) is 11.8 Å². The summed E-state index contributed by atoms with van der Waals surface area (Å²) in [5.41, 5.74) is 17.8. The third-order valence-corrected chi connectivity index (χ3v) is 12.8. The molecule has 8 rings (SSSR count). The molecule has 6 aromatic rings. The first-order valence-electron chi connectivity index (χ1n) is 21.9. The summed E-state index contributed by atoms with van der Waals surface area (Å²) >= 11 is 0. The van der Waals surface area contributed by atoms with E-state index in [1.54, 1.807) is 48.5 Å². The van der Waals surface area contributed by atoms with Crippen molar-refractivity contribution in [2.24, 2.45) is 24.8 Å². The van der Waals surface area contributed by atoms with Gasteiger partial charge in [-0.15, -0.1) is 0 Å². The normalized spacial score (nSPS) is 14.2. The lowest BCUT2D eigenvalue weighted by Gasteiger charge is -2.39. The van der Waals surface area contributed by atoms with Crippen LogP contribution in [0.3, 0.4) is 0 Å². The Bertz CT molecular complexity index is 3070. The molecule has 0 unspecified atom stereocenters. The van der Waals surface area contributed by atoms with Gasteiger partial charge in [0.05, 0.1) is 51.4 Å². The maximum Gasteiger partial charge on any atom is 0.264 e. The van der Waals surface area contributed by atoms with E-state index < -0.39 is 6.43 Å². The van der Waals surface area contributed by atoms with Crippen LogP contribution in [0.15, 0.2) is 81.6 Å². The van der Waals surface area contributed by atoms with Crippen LogP contribution < -0.4 is 36.5 Å². The highest BCUT2D eigenvalue weighted by Gasteiger charge is 2.29. The standard InChI is InChI=1S/C28H33F2N5O.C23H25N5O/c1-16(2)18-10-23-22(9-17(3)28(36)34(23)6)24(11-18)35-8-7-33(5)25-12-20(19(14-31)15-32-4)21(27(29)30)13-26(25)35;1-14(2)16-9-19-18(8-15(3)23(29)27(19)5)20(10-16)28-7-6-26(4)21-11-17(12-24)25-13-22(21)28/h9-16,27H,7-8,31H2,1-6H3;8-11,13-14H,6-7H2,1-5H3/b19-14+,32-15?;. The molecule has 2 N–H and O–H groups in total. The Hall–Kier alpha value is -7.01. The van der Waals surface area contributed by atoms with Gasteiger partial charge in [0.2, 0.25) is 0 Å². The number of aliphatic imine (C=N–C) groups is 1. The van der Waals surface area contributed by atoms with Crippen LogP contribution >= 0.6 is 0 Å². The highest BCUT2D eigenvalue weighted by Crippen LogP contribution is 2.46. The Morgan fingerprint density at radius 2 is 1.20 bits per heavy atom. The minimum Gasteiger partial charge on any atom is -0.404 e. The maximum atomic E-state index is 14.4. The number of aromatic nitrogens is 3. The summed E-state index contributed by atoms with van der Waals surface area (Å²) in [7, 11) is 9.19. The molecule has 0 saturated heterocycles. The zero-order chi connectivity index (χ0) is 47.2. The molecule has 0 saturated carbocycles. The van der Waals surface area contributed by atoms with Gasteiger partial charge in [-0.25, -0.2) is 13.8 Å². The number of nitriles is 1. The fraction of sp³-hybridized carbons (Fsp3) is 0.353. The second-order valence-electron chi connectivity index (χ2n) is 17.7. The number of anilines is 6. The number of halogens is 2. The molecule has 3 aromatic heterocycles. The van der Waals surface area contributed by atoms with Crippen LogP contribution in [0.1, 0.15) is 85.0 Å². The van der Waals surface area contributed by atoms with Crippen molar-refractivity contribution in [1.82, 2.24) is 14.1 Å². The molecule has 0 aliphatic carbocycles. The summed E-state index contributed by atoms with van der Waals surface area (Å²) in [6.45, 7) is 15.1. The molecule has 0 amide bonds. The Balaban J connectivity index is 0.000000198. The molecule has 338 valence electrons. The van der Waals surface area contributed by atoms with Gasteiger partial charge in [-0.2, -0.15) is 5.26 Å². The Labute approximate surface area is 379 Å². The summed E-state index contributed by atoms with van der Waals surface area (Å²) in [5.74, 6) is 0.557. The highest BCUT2D eigenvalue weighted by molar-refractivity contribution is 6.11. The summed E-state index contributed by atoms with van der Waals surface area (Å²) < 4.78 is 32.1. The van der Waals surface area contributed by atoms with Gasteiger partial charge in [-0.3, -0.25) is 14.6 Å². The van der Waals surface area contributed by atoms with Gasteiger partial charge in [-0.05, 0) is 90.9 Å². The number of rotatable bonds is 7. The van der Waals surface area contributed by atoms with Gasteiger partial charge >= 0.3 is 0 Å². The number of aryl methyl sites for hydroxylation is 4. The van der Waals surface area contributed by atoms with Crippen LogP contribution in [0.4, 0.5) is 42.9 Å². The predicted molar refractivity (Wildman–Crippen MR) is 264 cm³/mol. The number of hydrogen-bond donors (Lipinski definition) is 1. The van der Waals surface area contributed by atoms with Crippen LogP contribution in [0, 0.1) is 25.2 Å². The van der Waals surface area contributed by atoms with Gasteiger partial charge in [0.25, 0.3) is 17.5 Å². The van der Waals surface area contributed by atoms with E-state index >= 15 is 0 Å². The van der Waals surface area contributed by atoms with E-state index in [0.717, 1.165) is 74.5 Å². The summed E-state index contributed by atoms with van der Waals surface area (Å²) in [4.78, 5) is 42.2. The van der Waals surface area contributed by atoms with Crippen molar-refractivity contribution in [3.05, 3.63) is 127 Å². The number of likely N-dealkylation sites (N-methyl/N-ethyl adjacent to an activating group) is 2.